The number of hydrogen-bond donors (Lipinski definition) is 1. The smallest absolute Gasteiger partial charge is 0.242 e. The first kappa shape index (κ1) is 20.4. The van der Waals surface area contributed by atoms with E-state index in [4.69, 9.17) is 4.74 Å². The van der Waals surface area contributed by atoms with E-state index < -0.39 is 10.0 Å². The molecule has 0 aliphatic rings. The van der Waals surface area contributed by atoms with Gasteiger partial charge in [-0.15, -0.1) is 0 Å². The maximum atomic E-state index is 12.4. The number of ether oxygens (including phenoxy) is 1. The van der Waals surface area contributed by atoms with Crippen LogP contribution in [-0.4, -0.2) is 45.9 Å². The summed E-state index contributed by atoms with van der Waals surface area (Å²) >= 11 is 0. The molecule has 0 aliphatic heterocycles. The summed E-state index contributed by atoms with van der Waals surface area (Å²) in [4.78, 5) is 11.9. The molecule has 1 aromatic carbocycles. The molecule has 1 amide bonds. The number of rotatable bonds is 10. The van der Waals surface area contributed by atoms with Gasteiger partial charge in [-0.3, -0.25) is 4.79 Å². The molecule has 0 unspecified atom stereocenters. The second kappa shape index (κ2) is 9.64. The molecule has 1 aromatic rings. The Balaban J connectivity index is 2.45. The van der Waals surface area contributed by atoms with Gasteiger partial charge >= 0.3 is 0 Å². The first-order valence-corrected chi connectivity index (χ1v) is 9.58. The van der Waals surface area contributed by atoms with Gasteiger partial charge in [-0.2, -0.15) is 0 Å². The third kappa shape index (κ3) is 6.49. The van der Waals surface area contributed by atoms with Gasteiger partial charge in [-0.25, -0.2) is 12.7 Å². The van der Waals surface area contributed by atoms with E-state index in [-0.39, 0.29) is 10.8 Å². The van der Waals surface area contributed by atoms with Crippen molar-refractivity contribution < 1.29 is 17.9 Å². The van der Waals surface area contributed by atoms with Crippen molar-refractivity contribution >= 4 is 15.9 Å². The number of nitrogens with one attached hydrogen (secondary N) is 1. The molecule has 0 aromatic heterocycles. The molecule has 1 N–H and O–H groups in total. The van der Waals surface area contributed by atoms with Gasteiger partial charge in [0.2, 0.25) is 15.9 Å². The highest BCUT2D eigenvalue weighted by Crippen LogP contribution is 2.18. The van der Waals surface area contributed by atoms with E-state index in [9.17, 15) is 13.2 Å². The number of carbonyl (C=O) groups is 1. The molecule has 0 saturated carbocycles. The maximum Gasteiger partial charge on any atom is 0.242 e. The molecule has 6 nitrogen and oxygen atoms in total. The normalized spacial score (nSPS) is 11.8. The van der Waals surface area contributed by atoms with E-state index in [0.717, 1.165) is 6.42 Å². The van der Waals surface area contributed by atoms with Gasteiger partial charge in [0.15, 0.2) is 0 Å². The van der Waals surface area contributed by atoms with Crippen LogP contribution in [0, 0.1) is 5.92 Å². The highest BCUT2D eigenvalue weighted by Gasteiger charge is 2.20. The second-order valence-electron chi connectivity index (χ2n) is 6.14. The van der Waals surface area contributed by atoms with Crippen molar-refractivity contribution in [2.24, 2.45) is 5.92 Å². The van der Waals surface area contributed by atoms with Crippen molar-refractivity contribution in [2.45, 2.75) is 38.0 Å². The highest BCUT2D eigenvalue weighted by molar-refractivity contribution is 7.89. The third-order valence-corrected chi connectivity index (χ3v) is 5.56. The van der Waals surface area contributed by atoms with Gasteiger partial charge in [-0.1, -0.05) is 13.8 Å². The number of sulfonamides is 1. The Hall–Kier alpha value is -1.60. The standard InChI is InChI=1S/C17H28N2O4S/c1-14(2)11-12-18-17(20)6-5-13-19(3)24(21,22)16-9-7-15(23-4)8-10-16/h7-10,14H,5-6,11-13H2,1-4H3,(H,18,20). The zero-order valence-electron chi connectivity index (χ0n) is 14.9. The summed E-state index contributed by atoms with van der Waals surface area (Å²) in [5.74, 6) is 1.12. The summed E-state index contributed by atoms with van der Waals surface area (Å²) in [6, 6.07) is 6.26. The van der Waals surface area contributed by atoms with E-state index in [1.807, 2.05) is 0 Å². The van der Waals surface area contributed by atoms with Crippen molar-refractivity contribution in [1.29, 1.82) is 0 Å². The summed E-state index contributed by atoms with van der Waals surface area (Å²) < 4.78 is 31.2. The van der Waals surface area contributed by atoms with Gasteiger partial charge in [0.1, 0.15) is 5.75 Å². The van der Waals surface area contributed by atoms with E-state index in [0.29, 0.717) is 37.6 Å². The zero-order chi connectivity index (χ0) is 18.2. The van der Waals surface area contributed by atoms with Crippen LogP contribution in [0.1, 0.15) is 33.1 Å². The van der Waals surface area contributed by atoms with Gasteiger partial charge in [0, 0.05) is 26.6 Å². The Morgan fingerprint density at radius 3 is 2.42 bits per heavy atom. The average molecular weight is 356 g/mol. The van der Waals surface area contributed by atoms with Gasteiger partial charge in [0.25, 0.3) is 0 Å². The Labute approximate surface area is 145 Å². The van der Waals surface area contributed by atoms with Crippen LogP contribution in [0.25, 0.3) is 0 Å². The van der Waals surface area contributed by atoms with Crippen molar-refractivity contribution in [3.05, 3.63) is 24.3 Å². The van der Waals surface area contributed by atoms with Crippen molar-refractivity contribution in [3.8, 4) is 5.75 Å². The van der Waals surface area contributed by atoms with Crippen LogP contribution in [0.3, 0.4) is 0 Å². The van der Waals surface area contributed by atoms with Crippen LogP contribution in [0.5, 0.6) is 5.75 Å². The number of amides is 1. The van der Waals surface area contributed by atoms with E-state index in [1.54, 1.807) is 12.1 Å². The minimum absolute atomic E-state index is 0.0362. The van der Waals surface area contributed by atoms with Crippen LogP contribution in [-0.2, 0) is 14.8 Å². The maximum absolute atomic E-state index is 12.4. The molecule has 0 heterocycles. The summed E-state index contributed by atoms with van der Waals surface area (Å²) in [5.41, 5.74) is 0. The fourth-order valence-electron chi connectivity index (χ4n) is 2.10. The Bertz CT molecular complexity index is 612. The van der Waals surface area contributed by atoms with Crippen LogP contribution in [0.4, 0.5) is 0 Å². The van der Waals surface area contributed by atoms with Crippen LogP contribution in [0.15, 0.2) is 29.2 Å². The molecule has 0 atom stereocenters. The van der Waals surface area contributed by atoms with Gasteiger partial charge < -0.3 is 10.1 Å². The average Bonchev–Trinajstić information content (AvgIpc) is 2.54. The molecule has 136 valence electrons. The van der Waals surface area contributed by atoms with Gasteiger partial charge in [0.05, 0.1) is 12.0 Å². The summed E-state index contributed by atoms with van der Waals surface area (Å²) in [6.45, 7) is 5.17. The summed E-state index contributed by atoms with van der Waals surface area (Å²) in [5, 5.41) is 2.85. The van der Waals surface area contributed by atoms with Crippen LogP contribution < -0.4 is 10.1 Å². The lowest BCUT2D eigenvalue weighted by Crippen LogP contribution is -2.30. The predicted octanol–water partition coefficient (Wildman–Crippen LogP) is 2.26. The largest absolute Gasteiger partial charge is 0.497 e. The lowest BCUT2D eigenvalue weighted by Gasteiger charge is -2.17. The van der Waals surface area contributed by atoms with E-state index in [1.165, 1.54) is 30.6 Å². The molecular weight excluding hydrogens is 328 g/mol. The fourth-order valence-corrected chi connectivity index (χ4v) is 3.31. The molecule has 24 heavy (non-hydrogen) atoms. The molecular formula is C17H28N2O4S. The number of hydrogen-bond acceptors (Lipinski definition) is 4. The Morgan fingerprint density at radius 1 is 1.25 bits per heavy atom. The SMILES string of the molecule is COc1ccc(S(=O)(=O)N(C)CCCC(=O)NCCC(C)C)cc1. The zero-order valence-corrected chi connectivity index (χ0v) is 15.7. The van der Waals surface area contributed by atoms with E-state index in [2.05, 4.69) is 19.2 Å². The lowest BCUT2D eigenvalue weighted by molar-refractivity contribution is -0.121. The first-order valence-electron chi connectivity index (χ1n) is 8.14. The van der Waals surface area contributed by atoms with Crippen LogP contribution in [0.2, 0.25) is 0 Å². The number of methoxy groups -OCH3 is 1. The van der Waals surface area contributed by atoms with Crippen molar-refractivity contribution in [3.63, 3.8) is 0 Å². The molecule has 0 bridgehead atoms. The van der Waals surface area contributed by atoms with Crippen molar-refractivity contribution in [2.75, 3.05) is 27.2 Å². The van der Waals surface area contributed by atoms with Crippen molar-refractivity contribution in [1.82, 2.24) is 9.62 Å². The first-order chi connectivity index (χ1) is 11.3. The molecule has 0 fully saturated rings. The minimum atomic E-state index is -3.54. The minimum Gasteiger partial charge on any atom is -0.497 e. The van der Waals surface area contributed by atoms with Crippen LogP contribution >= 0.6 is 0 Å². The van der Waals surface area contributed by atoms with Gasteiger partial charge in [-0.05, 0) is 43.0 Å². The second-order valence-corrected chi connectivity index (χ2v) is 8.18. The molecule has 0 spiro atoms. The quantitative estimate of drug-likeness (QED) is 0.698. The number of benzene rings is 1. The lowest BCUT2D eigenvalue weighted by atomic mass is 10.1. The summed E-state index contributed by atoms with van der Waals surface area (Å²) in [7, 11) is -0.490. The molecule has 0 radical (unpaired) electrons. The number of nitrogens with zero attached hydrogens (tertiary/aromatic N) is 1. The molecule has 7 heteroatoms. The Kier molecular flexibility index (Phi) is 8.21. The highest BCUT2D eigenvalue weighted by atomic mass is 32.2. The molecule has 0 saturated heterocycles. The predicted molar refractivity (Wildman–Crippen MR) is 94.5 cm³/mol. The number of carbonyl (C=O) groups excluding carboxylic acids is 1. The fraction of sp³-hybridized carbons (Fsp3) is 0.588. The summed E-state index contributed by atoms with van der Waals surface area (Å²) in [6.07, 6.45) is 1.75. The monoisotopic (exact) mass is 356 g/mol. The third-order valence-electron chi connectivity index (χ3n) is 3.69. The molecule has 1 rings (SSSR count). The topological polar surface area (TPSA) is 75.7 Å². The molecule has 0 aliphatic carbocycles. The Morgan fingerprint density at radius 2 is 1.88 bits per heavy atom. The van der Waals surface area contributed by atoms with E-state index >= 15 is 0 Å².